The highest BCUT2D eigenvalue weighted by Crippen LogP contribution is 2.25. The van der Waals surface area contributed by atoms with Gasteiger partial charge in [-0.1, -0.05) is 19.9 Å². The third kappa shape index (κ3) is 2.88. The van der Waals surface area contributed by atoms with Crippen LogP contribution in [0, 0.1) is 0 Å². The van der Waals surface area contributed by atoms with E-state index in [-0.39, 0.29) is 5.76 Å². The van der Waals surface area contributed by atoms with E-state index in [1.54, 1.807) is 6.07 Å². The molecule has 3 nitrogen and oxygen atoms in total. The highest BCUT2D eigenvalue weighted by atomic mass is 32.2. The van der Waals surface area contributed by atoms with Crippen LogP contribution >= 0.6 is 11.8 Å². The van der Waals surface area contributed by atoms with E-state index in [2.05, 4.69) is 13.8 Å². The van der Waals surface area contributed by atoms with Gasteiger partial charge in [-0.05, 0) is 30.2 Å². The van der Waals surface area contributed by atoms with Gasteiger partial charge in [0.05, 0.1) is 0 Å². The van der Waals surface area contributed by atoms with Gasteiger partial charge < -0.3 is 9.52 Å². The number of fused-ring (bicyclic) bond motifs is 1. The lowest BCUT2D eigenvalue weighted by atomic mass is 10.2. The van der Waals surface area contributed by atoms with E-state index in [1.807, 2.05) is 30.0 Å². The third-order valence-electron chi connectivity index (χ3n) is 2.90. The van der Waals surface area contributed by atoms with Crippen molar-refractivity contribution in [3.8, 4) is 0 Å². The fourth-order valence-corrected chi connectivity index (χ4v) is 2.54. The number of rotatable bonds is 5. The van der Waals surface area contributed by atoms with Crippen molar-refractivity contribution < 1.29 is 14.3 Å². The zero-order chi connectivity index (χ0) is 13.1. The quantitative estimate of drug-likeness (QED) is 0.880. The summed E-state index contributed by atoms with van der Waals surface area (Å²) in [5.41, 5.74) is 1.83. The molecule has 0 saturated heterocycles. The molecule has 0 aliphatic carbocycles. The van der Waals surface area contributed by atoms with E-state index in [9.17, 15) is 4.79 Å². The molecule has 0 aliphatic heterocycles. The Bertz CT molecular complexity index is 559. The molecule has 0 amide bonds. The highest BCUT2D eigenvalue weighted by Gasteiger charge is 2.10. The number of benzene rings is 1. The van der Waals surface area contributed by atoms with Crippen LogP contribution in [0.3, 0.4) is 0 Å². The lowest BCUT2D eigenvalue weighted by Gasteiger charge is -2.07. The standard InChI is InChI=1S/C14H16O3S/c1-3-9(2)18-8-10-4-5-12-11(6-10)7-13(17-12)14(15)16/h4-7,9H,3,8H2,1-2H3,(H,15,16). The molecule has 1 unspecified atom stereocenters. The van der Waals surface area contributed by atoms with E-state index < -0.39 is 5.97 Å². The summed E-state index contributed by atoms with van der Waals surface area (Å²) in [5, 5.41) is 10.4. The van der Waals surface area contributed by atoms with Crippen molar-refractivity contribution in [1.29, 1.82) is 0 Å². The summed E-state index contributed by atoms with van der Waals surface area (Å²) in [6.45, 7) is 4.39. The lowest BCUT2D eigenvalue weighted by molar-refractivity contribution is 0.0665. The van der Waals surface area contributed by atoms with Crippen molar-refractivity contribution in [2.24, 2.45) is 0 Å². The topological polar surface area (TPSA) is 50.4 Å². The predicted molar refractivity (Wildman–Crippen MR) is 74.2 cm³/mol. The Morgan fingerprint density at radius 3 is 2.89 bits per heavy atom. The molecule has 0 bridgehead atoms. The first-order valence-electron chi connectivity index (χ1n) is 5.97. The Morgan fingerprint density at radius 1 is 1.44 bits per heavy atom. The molecule has 1 heterocycles. The summed E-state index contributed by atoms with van der Waals surface area (Å²) in [4.78, 5) is 10.8. The van der Waals surface area contributed by atoms with Crippen LogP contribution in [-0.2, 0) is 5.75 Å². The van der Waals surface area contributed by atoms with Crippen molar-refractivity contribution in [3.63, 3.8) is 0 Å². The van der Waals surface area contributed by atoms with Crippen LogP contribution in [0.4, 0.5) is 0 Å². The monoisotopic (exact) mass is 264 g/mol. The molecule has 2 rings (SSSR count). The molecule has 0 saturated carbocycles. The van der Waals surface area contributed by atoms with Crippen LogP contribution in [0.25, 0.3) is 11.0 Å². The SMILES string of the molecule is CCC(C)SCc1ccc2oc(C(=O)O)cc2c1. The third-order valence-corrected chi connectivity index (χ3v) is 4.30. The van der Waals surface area contributed by atoms with Crippen LogP contribution in [0.1, 0.15) is 36.4 Å². The van der Waals surface area contributed by atoms with E-state index in [0.29, 0.717) is 10.8 Å². The Balaban J connectivity index is 2.19. The lowest BCUT2D eigenvalue weighted by Crippen LogP contribution is -1.93. The minimum atomic E-state index is -1.03. The number of hydrogen-bond donors (Lipinski definition) is 1. The molecule has 1 N–H and O–H groups in total. The van der Waals surface area contributed by atoms with Crippen LogP contribution < -0.4 is 0 Å². The average molecular weight is 264 g/mol. The van der Waals surface area contributed by atoms with Crippen molar-refractivity contribution in [3.05, 3.63) is 35.6 Å². The van der Waals surface area contributed by atoms with E-state index in [4.69, 9.17) is 9.52 Å². The molecule has 0 fully saturated rings. The molecule has 0 radical (unpaired) electrons. The molecule has 18 heavy (non-hydrogen) atoms. The second kappa shape index (κ2) is 5.48. The fourth-order valence-electron chi connectivity index (χ4n) is 1.64. The van der Waals surface area contributed by atoms with Crippen LogP contribution in [0.2, 0.25) is 0 Å². The fraction of sp³-hybridized carbons (Fsp3) is 0.357. The van der Waals surface area contributed by atoms with Gasteiger partial charge in [-0.15, -0.1) is 0 Å². The van der Waals surface area contributed by atoms with Crippen LogP contribution in [0.5, 0.6) is 0 Å². The summed E-state index contributed by atoms with van der Waals surface area (Å²) in [6.07, 6.45) is 1.15. The van der Waals surface area contributed by atoms with Crippen molar-refractivity contribution in [2.45, 2.75) is 31.3 Å². The first-order chi connectivity index (χ1) is 8.60. The summed E-state index contributed by atoms with van der Waals surface area (Å²) in [5.74, 6) is -0.0862. The maximum Gasteiger partial charge on any atom is 0.371 e. The van der Waals surface area contributed by atoms with Gasteiger partial charge in [0.25, 0.3) is 0 Å². The number of carboxylic acids is 1. The van der Waals surface area contributed by atoms with Gasteiger partial charge >= 0.3 is 5.97 Å². The number of carboxylic acid groups (broad SMARTS) is 1. The Morgan fingerprint density at radius 2 is 2.22 bits per heavy atom. The molecule has 1 aromatic carbocycles. The zero-order valence-corrected chi connectivity index (χ0v) is 11.3. The van der Waals surface area contributed by atoms with E-state index >= 15 is 0 Å². The predicted octanol–water partition coefficient (Wildman–Crippen LogP) is 4.16. The Labute approximate surface area is 110 Å². The van der Waals surface area contributed by atoms with Crippen LogP contribution in [-0.4, -0.2) is 16.3 Å². The molecule has 0 spiro atoms. The Kier molecular flexibility index (Phi) is 3.97. The van der Waals surface area contributed by atoms with E-state index in [1.165, 1.54) is 5.56 Å². The summed E-state index contributed by atoms with van der Waals surface area (Å²) >= 11 is 1.90. The first kappa shape index (κ1) is 13.0. The largest absolute Gasteiger partial charge is 0.475 e. The molecule has 2 aromatic rings. The van der Waals surface area contributed by atoms with Gasteiger partial charge in [0.2, 0.25) is 5.76 Å². The average Bonchev–Trinajstić information content (AvgIpc) is 2.79. The molecule has 1 aromatic heterocycles. The number of carbonyl (C=O) groups is 1. The summed E-state index contributed by atoms with van der Waals surface area (Å²) < 4.78 is 5.22. The van der Waals surface area contributed by atoms with Crippen molar-refractivity contribution in [2.75, 3.05) is 0 Å². The maximum absolute atomic E-state index is 10.8. The second-order valence-corrected chi connectivity index (χ2v) is 5.74. The molecular formula is C14H16O3S. The van der Waals surface area contributed by atoms with Gasteiger partial charge in [-0.3, -0.25) is 0 Å². The van der Waals surface area contributed by atoms with E-state index in [0.717, 1.165) is 17.6 Å². The van der Waals surface area contributed by atoms with Gasteiger partial charge in [0.15, 0.2) is 0 Å². The molecule has 1 atom stereocenters. The Hall–Kier alpha value is -1.42. The van der Waals surface area contributed by atoms with Crippen molar-refractivity contribution in [1.82, 2.24) is 0 Å². The van der Waals surface area contributed by atoms with Gasteiger partial charge in [-0.2, -0.15) is 11.8 Å². The van der Waals surface area contributed by atoms with Crippen LogP contribution in [0.15, 0.2) is 28.7 Å². The first-order valence-corrected chi connectivity index (χ1v) is 7.02. The minimum Gasteiger partial charge on any atom is -0.475 e. The van der Waals surface area contributed by atoms with Gasteiger partial charge in [-0.25, -0.2) is 4.79 Å². The minimum absolute atomic E-state index is 0.00303. The molecule has 96 valence electrons. The molecular weight excluding hydrogens is 248 g/mol. The molecule has 4 heteroatoms. The number of furan rings is 1. The smallest absolute Gasteiger partial charge is 0.371 e. The summed E-state index contributed by atoms with van der Waals surface area (Å²) in [7, 11) is 0. The summed E-state index contributed by atoms with van der Waals surface area (Å²) in [6, 6.07) is 7.41. The second-order valence-electron chi connectivity index (χ2n) is 4.32. The van der Waals surface area contributed by atoms with Crippen molar-refractivity contribution >= 4 is 28.7 Å². The van der Waals surface area contributed by atoms with Gasteiger partial charge in [0, 0.05) is 16.4 Å². The normalized spacial score (nSPS) is 12.8. The highest BCUT2D eigenvalue weighted by molar-refractivity contribution is 7.99. The molecule has 0 aliphatic rings. The number of aromatic carboxylic acids is 1. The number of thioether (sulfide) groups is 1. The maximum atomic E-state index is 10.8. The number of hydrogen-bond acceptors (Lipinski definition) is 3. The zero-order valence-electron chi connectivity index (χ0n) is 10.5. The van der Waals surface area contributed by atoms with Gasteiger partial charge in [0.1, 0.15) is 5.58 Å².